The number of benzene rings is 1. The third-order valence-electron chi connectivity index (χ3n) is 2.62. The zero-order valence-electron chi connectivity index (χ0n) is 12.7. The summed E-state index contributed by atoms with van der Waals surface area (Å²) in [6.07, 6.45) is -0.292. The molecule has 0 aliphatic carbocycles. The molecule has 1 amide bonds. The molecule has 7 nitrogen and oxygen atoms in total. The SMILES string of the molecule is CC(C)(C)OC(=O)N[C@@H](Cc1ccc([N+](=O)[O-])cc1)C(N)=S. The van der Waals surface area contributed by atoms with Crippen LogP contribution in [0.4, 0.5) is 10.5 Å². The third kappa shape index (κ3) is 6.04. The average Bonchev–Trinajstić information content (AvgIpc) is 2.36. The summed E-state index contributed by atoms with van der Waals surface area (Å²) in [4.78, 5) is 22.0. The van der Waals surface area contributed by atoms with Crippen LogP contribution in [0.15, 0.2) is 24.3 Å². The number of nitrogens with two attached hydrogens (primary N) is 1. The molecule has 0 aromatic heterocycles. The maximum atomic E-state index is 11.8. The number of carbonyl (C=O) groups excluding carboxylic acids is 1. The van der Waals surface area contributed by atoms with Gasteiger partial charge in [0.15, 0.2) is 0 Å². The smallest absolute Gasteiger partial charge is 0.408 e. The van der Waals surface area contributed by atoms with Crippen LogP contribution in [0.2, 0.25) is 0 Å². The fraction of sp³-hybridized carbons (Fsp3) is 0.429. The van der Waals surface area contributed by atoms with E-state index in [2.05, 4.69) is 5.32 Å². The van der Waals surface area contributed by atoms with Crippen molar-refractivity contribution in [3.63, 3.8) is 0 Å². The second-order valence-corrected chi connectivity index (χ2v) is 6.20. The number of hydrogen-bond donors (Lipinski definition) is 2. The number of alkyl carbamates (subject to hydrolysis) is 1. The van der Waals surface area contributed by atoms with E-state index < -0.39 is 22.7 Å². The highest BCUT2D eigenvalue weighted by Gasteiger charge is 2.21. The highest BCUT2D eigenvalue weighted by Crippen LogP contribution is 2.14. The van der Waals surface area contributed by atoms with Gasteiger partial charge in [-0.15, -0.1) is 0 Å². The predicted molar refractivity (Wildman–Crippen MR) is 86.7 cm³/mol. The van der Waals surface area contributed by atoms with E-state index in [-0.39, 0.29) is 10.7 Å². The summed E-state index contributed by atoms with van der Waals surface area (Å²) in [7, 11) is 0. The van der Waals surface area contributed by atoms with Gasteiger partial charge in [-0.05, 0) is 32.8 Å². The van der Waals surface area contributed by atoms with E-state index in [0.717, 1.165) is 5.56 Å². The predicted octanol–water partition coefficient (Wildman–Crippen LogP) is 2.32. The second-order valence-electron chi connectivity index (χ2n) is 5.73. The number of nitro groups is 1. The molecule has 120 valence electrons. The molecule has 1 aromatic carbocycles. The minimum absolute atomic E-state index is 0.00396. The first-order chi connectivity index (χ1) is 10.1. The van der Waals surface area contributed by atoms with E-state index in [1.165, 1.54) is 12.1 Å². The zero-order chi connectivity index (χ0) is 16.9. The fourth-order valence-corrected chi connectivity index (χ4v) is 1.80. The Bertz CT molecular complexity index is 566. The van der Waals surface area contributed by atoms with Crippen LogP contribution in [0.1, 0.15) is 26.3 Å². The lowest BCUT2D eigenvalue weighted by Gasteiger charge is -2.23. The van der Waals surface area contributed by atoms with Crippen molar-refractivity contribution in [3.05, 3.63) is 39.9 Å². The molecule has 1 rings (SSSR count). The van der Waals surface area contributed by atoms with Crippen LogP contribution in [-0.2, 0) is 11.2 Å². The lowest BCUT2D eigenvalue weighted by atomic mass is 10.1. The summed E-state index contributed by atoms with van der Waals surface area (Å²) < 4.78 is 5.15. The van der Waals surface area contributed by atoms with Crippen LogP contribution in [0.3, 0.4) is 0 Å². The molecule has 0 spiro atoms. The topological polar surface area (TPSA) is 107 Å². The molecule has 0 radical (unpaired) electrons. The quantitative estimate of drug-likeness (QED) is 0.489. The van der Waals surface area contributed by atoms with Crippen LogP contribution in [-0.4, -0.2) is 27.6 Å². The van der Waals surface area contributed by atoms with Crippen LogP contribution >= 0.6 is 12.2 Å². The van der Waals surface area contributed by atoms with Gasteiger partial charge in [0.1, 0.15) is 5.60 Å². The maximum absolute atomic E-state index is 11.8. The average molecular weight is 325 g/mol. The first kappa shape index (κ1) is 17.8. The lowest BCUT2D eigenvalue weighted by Crippen LogP contribution is -2.46. The minimum Gasteiger partial charge on any atom is -0.444 e. The number of ether oxygens (including phenoxy) is 1. The molecule has 0 bridgehead atoms. The van der Waals surface area contributed by atoms with Gasteiger partial charge in [-0.25, -0.2) is 4.79 Å². The molecule has 0 saturated carbocycles. The van der Waals surface area contributed by atoms with E-state index in [9.17, 15) is 14.9 Å². The van der Waals surface area contributed by atoms with Crippen molar-refractivity contribution in [2.45, 2.75) is 38.8 Å². The van der Waals surface area contributed by atoms with Crippen LogP contribution in [0, 0.1) is 10.1 Å². The molecule has 8 heteroatoms. The Hall–Kier alpha value is -2.22. The second kappa shape index (κ2) is 7.17. The molecule has 3 N–H and O–H groups in total. The standard InChI is InChI=1S/C14H19N3O4S/c1-14(2,3)21-13(18)16-11(12(15)22)8-9-4-6-10(7-5-9)17(19)20/h4-7,11H,8H2,1-3H3,(H2,15,22)(H,16,18)/t11-/m0/s1. The molecule has 22 heavy (non-hydrogen) atoms. The fourth-order valence-electron chi connectivity index (χ4n) is 1.66. The van der Waals surface area contributed by atoms with Crippen molar-refractivity contribution in [3.8, 4) is 0 Å². The van der Waals surface area contributed by atoms with Gasteiger partial charge in [-0.2, -0.15) is 0 Å². The maximum Gasteiger partial charge on any atom is 0.408 e. The molecule has 0 fully saturated rings. The molecule has 0 saturated heterocycles. The molecule has 1 atom stereocenters. The molecule has 0 heterocycles. The first-order valence-electron chi connectivity index (χ1n) is 6.60. The van der Waals surface area contributed by atoms with Gasteiger partial charge in [0.05, 0.1) is 16.0 Å². The minimum atomic E-state index is -0.627. The van der Waals surface area contributed by atoms with Crippen LogP contribution in [0.5, 0.6) is 0 Å². The largest absolute Gasteiger partial charge is 0.444 e. The molecular weight excluding hydrogens is 306 g/mol. The summed E-state index contributed by atoms with van der Waals surface area (Å²) in [5, 5.41) is 13.2. The Balaban J connectivity index is 2.74. The normalized spacial score (nSPS) is 12.3. The Morgan fingerprint density at radius 1 is 1.41 bits per heavy atom. The van der Waals surface area contributed by atoms with E-state index in [4.69, 9.17) is 22.7 Å². The molecular formula is C14H19N3O4S. The molecule has 1 aromatic rings. The third-order valence-corrected chi connectivity index (χ3v) is 2.91. The van der Waals surface area contributed by atoms with E-state index in [1.807, 2.05) is 0 Å². The van der Waals surface area contributed by atoms with E-state index >= 15 is 0 Å². The van der Waals surface area contributed by atoms with Gasteiger partial charge in [-0.1, -0.05) is 24.4 Å². The van der Waals surface area contributed by atoms with Crippen LogP contribution < -0.4 is 11.1 Å². The summed E-state index contributed by atoms with van der Waals surface area (Å²) in [5.41, 5.74) is 5.76. The van der Waals surface area contributed by atoms with Gasteiger partial charge >= 0.3 is 6.09 Å². The van der Waals surface area contributed by atoms with Gasteiger partial charge in [0.2, 0.25) is 0 Å². The summed E-state index contributed by atoms with van der Waals surface area (Å²) >= 11 is 4.94. The van der Waals surface area contributed by atoms with E-state index in [0.29, 0.717) is 6.42 Å². The first-order valence-corrected chi connectivity index (χ1v) is 7.01. The number of nitrogens with zero attached hydrogens (tertiary/aromatic N) is 1. The van der Waals surface area contributed by atoms with Gasteiger partial charge in [-0.3, -0.25) is 10.1 Å². The van der Waals surface area contributed by atoms with Crippen molar-refractivity contribution >= 4 is 29.0 Å². The number of hydrogen-bond acceptors (Lipinski definition) is 5. The summed E-state index contributed by atoms with van der Waals surface area (Å²) in [6.45, 7) is 5.25. The van der Waals surface area contributed by atoms with Crippen molar-refractivity contribution in [1.29, 1.82) is 0 Å². The van der Waals surface area contributed by atoms with E-state index in [1.54, 1.807) is 32.9 Å². The number of amides is 1. The van der Waals surface area contributed by atoms with Crippen molar-refractivity contribution in [1.82, 2.24) is 5.32 Å². The summed E-state index contributed by atoms with van der Waals surface area (Å²) in [6, 6.07) is 5.38. The van der Waals surface area contributed by atoms with Gasteiger partial charge in [0.25, 0.3) is 5.69 Å². The Morgan fingerprint density at radius 3 is 2.36 bits per heavy atom. The number of rotatable bonds is 5. The lowest BCUT2D eigenvalue weighted by molar-refractivity contribution is -0.384. The number of nitrogens with one attached hydrogen (secondary N) is 1. The molecule has 0 aliphatic heterocycles. The van der Waals surface area contributed by atoms with Crippen molar-refractivity contribution in [2.75, 3.05) is 0 Å². The molecule has 0 unspecified atom stereocenters. The number of nitro benzene ring substituents is 1. The Kier molecular flexibility index (Phi) is 5.81. The zero-order valence-corrected chi connectivity index (χ0v) is 13.5. The Morgan fingerprint density at radius 2 is 1.95 bits per heavy atom. The monoisotopic (exact) mass is 325 g/mol. The Labute approximate surface area is 134 Å². The number of non-ortho nitro benzene ring substituents is 1. The highest BCUT2D eigenvalue weighted by atomic mass is 32.1. The molecule has 0 aliphatic rings. The van der Waals surface area contributed by atoms with Gasteiger partial charge in [0, 0.05) is 12.1 Å². The number of carbonyl (C=O) groups is 1. The van der Waals surface area contributed by atoms with Gasteiger partial charge < -0.3 is 15.8 Å². The van der Waals surface area contributed by atoms with Crippen molar-refractivity contribution < 1.29 is 14.5 Å². The number of thiocarbonyl (C=S) groups is 1. The summed E-state index contributed by atoms with van der Waals surface area (Å²) in [5.74, 6) is 0. The highest BCUT2D eigenvalue weighted by molar-refractivity contribution is 7.80. The van der Waals surface area contributed by atoms with Crippen molar-refractivity contribution in [2.24, 2.45) is 5.73 Å². The van der Waals surface area contributed by atoms with Crippen LogP contribution in [0.25, 0.3) is 0 Å².